The number of ketones is 1. The summed E-state index contributed by atoms with van der Waals surface area (Å²) in [6.45, 7) is 1.38. The van der Waals surface area contributed by atoms with Gasteiger partial charge in [0.25, 0.3) is 0 Å². The van der Waals surface area contributed by atoms with Gasteiger partial charge in [-0.2, -0.15) is 0 Å². The Morgan fingerprint density at radius 3 is 2.19 bits per heavy atom. The van der Waals surface area contributed by atoms with Gasteiger partial charge in [-0.25, -0.2) is 4.79 Å². The van der Waals surface area contributed by atoms with Crippen molar-refractivity contribution < 1.29 is 29.3 Å². The molecule has 2 unspecified atom stereocenters. The molecule has 0 spiro atoms. The minimum atomic E-state index is -0.927. The predicted molar refractivity (Wildman–Crippen MR) is 100 cm³/mol. The number of rotatable bonds is 9. The van der Waals surface area contributed by atoms with Gasteiger partial charge in [0.05, 0.1) is 25.4 Å². The van der Waals surface area contributed by atoms with Gasteiger partial charge in [0.15, 0.2) is 6.10 Å². The maximum absolute atomic E-state index is 12.4. The van der Waals surface area contributed by atoms with E-state index in [0.717, 1.165) is 0 Å². The number of aliphatic hydroxyl groups is 2. The first kappa shape index (κ1) is 20.4. The van der Waals surface area contributed by atoms with Crippen molar-refractivity contribution in [1.82, 2.24) is 0 Å². The van der Waals surface area contributed by atoms with Gasteiger partial charge < -0.3 is 25.0 Å². The number of carbonyl (C=O) groups is 2. The molecule has 2 aromatic rings. The van der Waals surface area contributed by atoms with Crippen LogP contribution in [0.25, 0.3) is 0 Å². The van der Waals surface area contributed by atoms with Crippen molar-refractivity contribution >= 4 is 17.4 Å². The maximum Gasteiger partial charge on any atom is 0.338 e. The number of esters is 1. The van der Waals surface area contributed by atoms with Crippen molar-refractivity contribution in [3.8, 4) is 5.75 Å². The second-order valence-electron chi connectivity index (χ2n) is 5.93. The largest absolute Gasteiger partial charge is 0.497 e. The summed E-state index contributed by atoms with van der Waals surface area (Å²) in [5.74, 6) is -0.273. The minimum absolute atomic E-state index is 0.188. The van der Waals surface area contributed by atoms with E-state index < -0.39 is 18.2 Å². The van der Waals surface area contributed by atoms with E-state index in [4.69, 9.17) is 14.6 Å². The Hall–Kier alpha value is -2.90. The van der Waals surface area contributed by atoms with Crippen LogP contribution in [0.5, 0.6) is 5.75 Å². The molecule has 7 nitrogen and oxygen atoms in total. The smallest absolute Gasteiger partial charge is 0.338 e. The summed E-state index contributed by atoms with van der Waals surface area (Å²) in [4.78, 5) is 24.6. The fraction of sp³-hybridized carbons (Fsp3) is 0.300. The first-order valence-electron chi connectivity index (χ1n) is 8.46. The van der Waals surface area contributed by atoms with Crippen LogP contribution in [0.3, 0.4) is 0 Å². The number of ether oxygens (including phenoxy) is 2. The number of hydrogen-bond acceptors (Lipinski definition) is 7. The van der Waals surface area contributed by atoms with Gasteiger partial charge in [0.2, 0.25) is 5.78 Å². The topological polar surface area (TPSA) is 105 Å². The van der Waals surface area contributed by atoms with Gasteiger partial charge in [-0.1, -0.05) is 0 Å². The first-order valence-corrected chi connectivity index (χ1v) is 8.46. The van der Waals surface area contributed by atoms with E-state index in [1.54, 1.807) is 48.5 Å². The standard InChI is InChI=1S/C20H23NO6/c1-13(19(24)14-5-9-18(26-2)10-6-14)27-20(25)15-3-7-16(8-4-15)21-11-17(23)12-22/h3-10,13,17,21-23H,11-12H2,1-2H3. The monoisotopic (exact) mass is 373 g/mol. The second kappa shape index (κ2) is 9.70. The Morgan fingerprint density at radius 2 is 1.63 bits per heavy atom. The minimum Gasteiger partial charge on any atom is -0.497 e. The fourth-order valence-corrected chi connectivity index (χ4v) is 2.30. The van der Waals surface area contributed by atoms with Crippen molar-refractivity contribution in [2.45, 2.75) is 19.1 Å². The number of hydrogen-bond donors (Lipinski definition) is 3. The van der Waals surface area contributed by atoms with Gasteiger partial charge in [-0.05, 0) is 55.5 Å². The molecule has 7 heteroatoms. The summed E-state index contributed by atoms with van der Waals surface area (Å²) >= 11 is 0. The fourth-order valence-electron chi connectivity index (χ4n) is 2.30. The number of aliphatic hydroxyl groups excluding tert-OH is 2. The van der Waals surface area contributed by atoms with Gasteiger partial charge in [0, 0.05) is 17.8 Å². The molecular formula is C20H23NO6. The third kappa shape index (κ3) is 5.80. The SMILES string of the molecule is COc1ccc(C(=O)C(C)OC(=O)c2ccc(NCC(O)CO)cc2)cc1. The van der Waals surface area contributed by atoms with Crippen molar-refractivity contribution in [2.24, 2.45) is 0 Å². The molecule has 0 radical (unpaired) electrons. The molecule has 2 atom stereocenters. The third-order valence-corrected chi connectivity index (χ3v) is 3.90. The molecule has 0 saturated carbocycles. The highest BCUT2D eigenvalue weighted by Crippen LogP contribution is 2.15. The molecule has 2 aromatic carbocycles. The Bertz CT molecular complexity index is 757. The van der Waals surface area contributed by atoms with Crippen LogP contribution in [0.4, 0.5) is 5.69 Å². The van der Waals surface area contributed by atoms with Crippen LogP contribution in [-0.2, 0) is 4.74 Å². The Morgan fingerprint density at radius 1 is 1.04 bits per heavy atom. The van der Waals surface area contributed by atoms with Crippen LogP contribution in [0, 0.1) is 0 Å². The highest BCUT2D eigenvalue weighted by atomic mass is 16.5. The van der Waals surface area contributed by atoms with E-state index in [9.17, 15) is 14.7 Å². The van der Waals surface area contributed by atoms with Crippen LogP contribution in [0.2, 0.25) is 0 Å². The molecule has 0 aliphatic rings. The summed E-state index contributed by atoms with van der Waals surface area (Å²) in [6, 6.07) is 13.0. The van der Waals surface area contributed by atoms with E-state index in [-0.39, 0.29) is 18.9 Å². The quantitative estimate of drug-likeness (QED) is 0.455. The lowest BCUT2D eigenvalue weighted by Crippen LogP contribution is -2.24. The summed E-state index contributed by atoms with van der Waals surface area (Å²) in [5.41, 5.74) is 1.41. The van der Waals surface area contributed by atoms with Crippen LogP contribution in [0.1, 0.15) is 27.6 Å². The van der Waals surface area contributed by atoms with E-state index in [2.05, 4.69) is 5.32 Å². The zero-order valence-corrected chi connectivity index (χ0v) is 15.2. The second-order valence-corrected chi connectivity index (χ2v) is 5.93. The van der Waals surface area contributed by atoms with Gasteiger partial charge >= 0.3 is 5.97 Å². The van der Waals surface area contributed by atoms with Crippen LogP contribution in [-0.4, -0.2) is 54.4 Å². The first-order chi connectivity index (χ1) is 12.9. The molecule has 3 N–H and O–H groups in total. The van der Waals surface area contributed by atoms with E-state index in [0.29, 0.717) is 22.6 Å². The maximum atomic E-state index is 12.4. The lowest BCUT2D eigenvalue weighted by atomic mass is 10.1. The molecule has 144 valence electrons. The average molecular weight is 373 g/mol. The summed E-state index contributed by atoms with van der Waals surface area (Å²) in [7, 11) is 1.54. The number of benzene rings is 2. The Balaban J connectivity index is 1.93. The molecule has 0 aromatic heterocycles. The average Bonchev–Trinajstić information content (AvgIpc) is 2.71. The molecule has 0 bridgehead atoms. The number of Topliss-reactive ketones (excluding diaryl/α,β-unsaturated/α-hetero) is 1. The van der Waals surface area contributed by atoms with Gasteiger partial charge in [0.1, 0.15) is 5.75 Å². The molecule has 0 fully saturated rings. The van der Waals surface area contributed by atoms with Gasteiger partial charge in [-0.15, -0.1) is 0 Å². The zero-order valence-electron chi connectivity index (χ0n) is 15.2. The number of nitrogens with one attached hydrogen (secondary N) is 1. The number of carbonyl (C=O) groups excluding carboxylic acids is 2. The van der Waals surface area contributed by atoms with Crippen molar-refractivity contribution in [2.75, 3.05) is 25.6 Å². The third-order valence-electron chi connectivity index (χ3n) is 3.90. The number of methoxy groups -OCH3 is 1. The zero-order chi connectivity index (χ0) is 19.8. The van der Waals surface area contributed by atoms with Crippen molar-refractivity contribution in [3.05, 3.63) is 59.7 Å². The molecule has 0 amide bonds. The summed E-state index contributed by atoms with van der Waals surface area (Å²) in [5, 5.41) is 21.0. The molecular weight excluding hydrogens is 350 g/mol. The Labute approximate surface area is 157 Å². The number of anilines is 1. The van der Waals surface area contributed by atoms with Gasteiger partial charge in [-0.3, -0.25) is 4.79 Å². The molecule has 0 aliphatic heterocycles. The lowest BCUT2D eigenvalue weighted by molar-refractivity contribution is 0.0319. The van der Waals surface area contributed by atoms with Crippen LogP contribution >= 0.6 is 0 Å². The normalized spacial score (nSPS) is 12.7. The van der Waals surface area contributed by atoms with Crippen molar-refractivity contribution in [1.29, 1.82) is 0 Å². The highest BCUT2D eigenvalue weighted by molar-refractivity contribution is 6.01. The molecule has 27 heavy (non-hydrogen) atoms. The van der Waals surface area contributed by atoms with E-state index in [1.807, 2.05) is 0 Å². The van der Waals surface area contributed by atoms with Crippen molar-refractivity contribution in [3.63, 3.8) is 0 Å². The molecule has 0 aliphatic carbocycles. The summed E-state index contributed by atoms with van der Waals surface area (Å²) < 4.78 is 10.3. The lowest BCUT2D eigenvalue weighted by Gasteiger charge is -2.13. The van der Waals surface area contributed by atoms with Crippen LogP contribution < -0.4 is 10.1 Å². The molecule has 2 rings (SSSR count). The van der Waals surface area contributed by atoms with E-state index in [1.165, 1.54) is 14.0 Å². The predicted octanol–water partition coefficient (Wildman–Crippen LogP) is 1.89. The molecule has 0 saturated heterocycles. The highest BCUT2D eigenvalue weighted by Gasteiger charge is 2.20. The van der Waals surface area contributed by atoms with E-state index >= 15 is 0 Å². The van der Waals surface area contributed by atoms with Crippen LogP contribution in [0.15, 0.2) is 48.5 Å². The Kier molecular flexibility index (Phi) is 7.34. The molecule has 0 heterocycles. The summed E-state index contributed by atoms with van der Waals surface area (Å²) in [6.07, 6.45) is -1.79.